The minimum atomic E-state index is 0.165. The monoisotopic (exact) mass is 277 g/mol. The van der Waals surface area contributed by atoms with Gasteiger partial charge in [-0.3, -0.25) is 14.4 Å². The fraction of sp³-hybridized carbons (Fsp3) is 0.714. The summed E-state index contributed by atoms with van der Waals surface area (Å²) in [7, 11) is 0. The summed E-state index contributed by atoms with van der Waals surface area (Å²) in [5.41, 5.74) is 5.65. The summed E-state index contributed by atoms with van der Waals surface area (Å²) in [6.07, 6.45) is 6.55. The van der Waals surface area contributed by atoms with Crippen molar-refractivity contribution < 1.29 is 4.79 Å². The number of nitrogens with two attached hydrogens (primary N) is 1. The molecule has 1 amide bonds. The number of hydrogen-bond donors (Lipinski definition) is 2. The molecule has 1 aromatic rings. The summed E-state index contributed by atoms with van der Waals surface area (Å²) in [6.45, 7) is 3.28. The number of likely N-dealkylation sites (tertiary alicyclic amines) is 1. The number of hydrogen-bond acceptors (Lipinski definition) is 4. The van der Waals surface area contributed by atoms with Crippen molar-refractivity contribution in [1.82, 2.24) is 20.0 Å². The van der Waals surface area contributed by atoms with Crippen LogP contribution in [0.1, 0.15) is 31.7 Å². The van der Waals surface area contributed by atoms with Crippen molar-refractivity contribution in [1.29, 1.82) is 0 Å². The number of anilines is 1. The normalized spacial score (nSPS) is 21.0. The maximum absolute atomic E-state index is 11.8. The molecule has 0 unspecified atom stereocenters. The van der Waals surface area contributed by atoms with E-state index in [2.05, 4.69) is 15.3 Å². The minimum absolute atomic E-state index is 0.165. The summed E-state index contributed by atoms with van der Waals surface area (Å²) in [5, 5.41) is 7.30. The first-order chi connectivity index (χ1) is 9.70. The largest absolute Gasteiger partial charge is 0.382 e. The molecule has 20 heavy (non-hydrogen) atoms. The second kappa shape index (κ2) is 5.83. The summed E-state index contributed by atoms with van der Waals surface area (Å²) in [5.74, 6) is 1.49. The molecule has 6 heteroatoms. The Morgan fingerprint density at radius 1 is 1.35 bits per heavy atom. The van der Waals surface area contributed by atoms with Crippen molar-refractivity contribution in [2.75, 3.05) is 31.9 Å². The van der Waals surface area contributed by atoms with Gasteiger partial charge in [-0.2, -0.15) is 5.10 Å². The molecule has 110 valence electrons. The highest BCUT2D eigenvalue weighted by molar-refractivity contribution is 5.78. The van der Waals surface area contributed by atoms with Gasteiger partial charge in [-0.15, -0.1) is 0 Å². The second-order valence-electron chi connectivity index (χ2n) is 5.98. The highest BCUT2D eigenvalue weighted by atomic mass is 16.2. The van der Waals surface area contributed by atoms with Crippen LogP contribution < -0.4 is 11.1 Å². The molecule has 1 aliphatic carbocycles. The third-order valence-electron chi connectivity index (χ3n) is 4.21. The van der Waals surface area contributed by atoms with E-state index in [1.807, 2.05) is 16.9 Å². The molecule has 1 aromatic heterocycles. The van der Waals surface area contributed by atoms with Crippen molar-refractivity contribution in [3.8, 4) is 0 Å². The number of carbonyl (C=O) groups is 1. The third-order valence-corrected chi connectivity index (χ3v) is 4.21. The summed E-state index contributed by atoms with van der Waals surface area (Å²) < 4.78 is 1.96. The number of nitrogens with zero attached hydrogens (tertiary/aromatic N) is 3. The Bertz CT molecular complexity index is 460. The molecular weight excluding hydrogens is 254 g/mol. The van der Waals surface area contributed by atoms with Gasteiger partial charge >= 0.3 is 0 Å². The predicted molar refractivity (Wildman–Crippen MR) is 77.1 cm³/mol. The first kappa shape index (κ1) is 13.4. The predicted octanol–water partition coefficient (Wildman–Crippen LogP) is 0.628. The van der Waals surface area contributed by atoms with Crippen LogP contribution in [0.2, 0.25) is 0 Å². The van der Waals surface area contributed by atoms with Gasteiger partial charge < -0.3 is 11.1 Å². The number of piperidine rings is 1. The highest BCUT2D eigenvalue weighted by Gasteiger charge is 2.24. The molecule has 2 fully saturated rings. The molecule has 0 spiro atoms. The fourth-order valence-corrected chi connectivity index (χ4v) is 2.74. The lowest BCUT2D eigenvalue weighted by molar-refractivity contribution is -0.122. The van der Waals surface area contributed by atoms with Crippen molar-refractivity contribution in [2.45, 2.75) is 31.7 Å². The van der Waals surface area contributed by atoms with E-state index in [0.717, 1.165) is 38.4 Å². The minimum Gasteiger partial charge on any atom is -0.382 e. The van der Waals surface area contributed by atoms with Gasteiger partial charge in [-0.1, -0.05) is 0 Å². The number of aromatic nitrogens is 2. The second-order valence-corrected chi connectivity index (χ2v) is 5.98. The van der Waals surface area contributed by atoms with Crippen LogP contribution in [-0.4, -0.2) is 46.8 Å². The van der Waals surface area contributed by atoms with Crippen LogP contribution in [0, 0.1) is 5.92 Å². The first-order valence-corrected chi connectivity index (χ1v) is 7.50. The lowest BCUT2D eigenvalue weighted by Gasteiger charge is -2.31. The van der Waals surface area contributed by atoms with E-state index in [4.69, 9.17) is 5.73 Å². The highest BCUT2D eigenvalue weighted by Crippen LogP contribution is 2.27. The molecule has 0 radical (unpaired) electrons. The maximum atomic E-state index is 11.8. The first-order valence-electron chi connectivity index (χ1n) is 7.50. The van der Waals surface area contributed by atoms with Gasteiger partial charge in [0, 0.05) is 25.8 Å². The number of amides is 1. The zero-order valence-corrected chi connectivity index (χ0v) is 11.8. The van der Waals surface area contributed by atoms with E-state index in [9.17, 15) is 4.79 Å². The quantitative estimate of drug-likeness (QED) is 0.827. The number of rotatable bonds is 5. The average Bonchev–Trinajstić information content (AvgIpc) is 3.18. The Morgan fingerprint density at radius 3 is 2.70 bits per heavy atom. The van der Waals surface area contributed by atoms with Crippen LogP contribution >= 0.6 is 0 Å². The smallest absolute Gasteiger partial charge is 0.234 e. The van der Waals surface area contributed by atoms with E-state index >= 15 is 0 Å². The van der Waals surface area contributed by atoms with Crippen LogP contribution in [0.4, 0.5) is 5.82 Å². The zero-order chi connectivity index (χ0) is 13.9. The summed E-state index contributed by atoms with van der Waals surface area (Å²) >= 11 is 0. The molecule has 0 aromatic carbocycles. The molecule has 1 aliphatic heterocycles. The van der Waals surface area contributed by atoms with Crippen LogP contribution in [0.15, 0.2) is 12.3 Å². The number of nitrogens with one attached hydrogen (secondary N) is 1. The van der Waals surface area contributed by atoms with Crippen molar-refractivity contribution in [3.05, 3.63) is 12.3 Å². The molecule has 3 N–H and O–H groups in total. The Labute approximate surface area is 119 Å². The molecule has 6 nitrogen and oxygen atoms in total. The lowest BCUT2D eigenvalue weighted by atomic mass is 10.1. The fourth-order valence-electron chi connectivity index (χ4n) is 2.74. The van der Waals surface area contributed by atoms with Crippen LogP contribution in [0.25, 0.3) is 0 Å². The van der Waals surface area contributed by atoms with Crippen molar-refractivity contribution in [2.24, 2.45) is 5.92 Å². The standard InChI is InChI=1S/C14H23N5O/c15-13-5-8-19(17-13)12-3-6-18(7-4-12)10-14(20)16-9-11-1-2-11/h5,8,11-12H,1-4,6-7,9-10H2,(H2,15,17)(H,16,20). The Hall–Kier alpha value is -1.56. The molecule has 0 atom stereocenters. The third kappa shape index (κ3) is 3.50. The van der Waals surface area contributed by atoms with Gasteiger partial charge in [0.25, 0.3) is 0 Å². The van der Waals surface area contributed by atoms with E-state index in [-0.39, 0.29) is 5.91 Å². The molecular formula is C14H23N5O. The molecule has 2 aliphatic rings. The lowest BCUT2D eigenvalue weighted by Crippen LogP contribution is -2.42. The number of nitrogen functional groups attached to an aromatic ring is 1. The van der Waals surface area contributed by atoms with E-state index < -0.39 is 0 Å². The van der Waals surface area contributed by atoms with Gasteiger partial charge in [0.1, 0.15) is 5.82 Å². The Kier molecular flexibility index (Phi) is 3.91. The van der Waals surface area contributed by atoms with Gasteiger partial charge in [-0.25, -0.2) is 0 Å². The Balaban J connectivity index is 1.40. The van der Waals surface area contributed by atoms with E-state index in [1.165, 1.54) is 12.8 Å². The van der Waals surface area contributed by atoms with Crippen molar-refractivity contribution in [3.63, 3.8) is 0 Å². The Morgan fingerprint density at radius 2 is 2.10 bits per heavy atom. The summed E-state index contributed by atoms with van der Waals surface area (Å²) in [4.78, 5) is 14.0. The van der Waals surface area contributed by atoms with Gasteiger partial charge in [0.05, 0.1) is 12.6 Å². The zero-order valence-electron chi connectivity index (χ0n) is 11.8. The van der Waals surface area contributed by atoms with E-state index in [0.29, 0.717) is 18.4 Å². The van der Waals surface area contributed by atoms with Crippen LogP contribution in [0.3, 0.4) is 0 Å². The average molecular weight is 277 g/mol. The molecule has 1 saturated heterocycles. The van der Waals surface area contributed by atoms with Crippen LogP contribution in [-0.2, 0) is 4.79 Å². The van der Waals surface area contributed by atoms with Gasteiger partial charge in [-0.05, 0) is 37.7 Å². The van der Waals surface area contributed by atoms with Crippen molar-refractivity contribution >= 4 is 11.7 Å². The molecule has 0 bridgehead atoms. The number of carbonyl (C=O) groups excluding carboxylic acids is 1. The van der Waals surface area contributed by atoms with Gasteiger partial charge in [0.15, 0.2) is 0 Å². The topological polar surface area (TPSA) is 76.2 Å². The molecule has 1 saturated carbocycles. The van der Waals surface area contributed by atoms with Gasteiger partial charge in [0.2, 0.25) is 5.91 Å². The van der Waals surface area contributed by atoms with Crippen LogP contribution in [0.5, 0.6) is 0 Å². The molecule has 2 heterocycles. The van der Waals surface area contributed by atoms with E-state index in [1.54, 1.807) is 0 Å². The maximum Gasteiger partial charge on any atom is 0.234 e. The SMILES string of the molecule is Nc1ccn(C2CCN(CC(=O)NCC3CC3)CC2)n1. The molecule has 3 rings (SSSR count). The summed E-state index contributed by atoms with van der Waals surface area (Å²) in [6, 6.07) is 2.25.